The smallest absolute Gasteiger partial charge is 0.253 e. The minimum Gasteiger partial charge on any atom is -0.332 e. The molecule has 5 heteroatoms. The molecule has 0 spiro atoms. The van der Waals surface area contributed by atoms with Gasteiger partial charge in [-0.25, -0.2) is 9.99 Å². The molecule has 1 aromatic carbocycles. The van der Waals surface area contributed by atoms with Crippen molar-refractivity contribution in [3.05, 3.63) is 48.5 Å². The Bertz CT molecular complexity index is 631. The van der Waals surface area contributed by atoms with Gasteiger partial charge in [-0.1, -0.05) is 12.1 Å². The van der Waals surface area contributed by atoms with Crippen molar-refractivity contribution in [2.24, 2.45) is 5.10 Å². The zero-order chi connectivity index (χ0) is 13.2. The average molecular weight is 254 g/mol. The van der Waals surface area contributed by atoms with Crippen molar-refractivity contribution in [1.29, 1.82) is 0 Å². The van der Waals surface area contributed by atoms with E-state index in [0.717, 1.165) is 17.0 Å². The first-order valence-corrected chi connectivity index (χ1v) is 6.14. The molecule has 0 bridgehead atoms. The number of amides is 1. The van der Waals surface area contributed by atoms with Crippen molar-refractivity contribution in [2.45, 2.75) is 19.9 Å². The Morgan fingerprint density at radius 3 is 3.00 bits per heavy atom. The molecule has 0 fully saturated rings. The maximum atomic E-state index is 12.0. The molecule has 0 N–H and O–H groups in total. The number of nitrogens with zero attached hydrogens (tertiary/aromatic N) is 4. The molecular formula is C14H14N4O. The highest BCUT2D eigenvalue weighted by Gasteiger charge is 2.25. The third-order valence-corrected chi connectivity index (χ3v) is 3.00. The van der Waals surface area contributed by atoms with Crippen LogP contribution in [0, 0.1) is 6.92 Å². The van der Waals surface area contributed by atoms with Crippen molar-refractivity contribution in [2.75, 3.05) is 5.01 Å². The molecule has 0 saturated carbocycles. The topological polar surface area (TPSA) is 50.5 Å². The second kappa shape index (κ2) is 4.68. The molecular weight excluding hydrogens is 240 g/mol. The van der Waals surface area contributed by atoms with E-state index in [0.29, 0.717) is 13.0 Å². The van der Waals surface area contributed by atoms with Gasteiger partial charge in [0.1, 0.15) is 0 Å². The number of imidazole rings is 1. The van der Waals surface area contributed by atoms with Gasteiger partial charge in [-0.2, -0.15) is 5.10 Å². The number of carbonyl (C=O) groups excluding carboxylic acids is 1. The largest absolute Gasteiger partial charge is 0.332 e. The van der Waals surface area contributed by atoms with Crippen LogP contribution < -0.4 is 5.01 Å². The predicted molar refractivity (Wildman–Crippen MR) is 72.9 cm³/mol. The number of anilines is 1. The van der Waals surface area contributed by atoms with E-state index in [1.54, 1.807) is 12.5 Å². The SMILES string of the molecule is Cc1cccc(N2N=C(Cn3ccnc3)CC2=O)c1. The summed E-state index contributed by atoms with van der Waals surface area (Å²) in [6.07, 6.45) is 5.67. The van der Waals surface area contributed by atoms with Crippen LogP contribution in [-0.2, 0) is 11.3 Å². The fourth-order valence-electron chi connectivity index (χ4n) is 2.12. The minimum atomic E-state index is 0.0146. The van der Waals surface area contributed by atoms with E-state index in [2.05, 4.69) is 10.1 Å². The Kier molecular flexibility index (Phi) is 2.87. The monoisotopic (exact) mass is 254 g/mol. The standard InChI is InChI=1S/C14H14N4O/c1-11-3-2-4-13(7-11)18-14(19)8-12(16-18)9-17-6-5-15-10-17/h2-7,10H,8-9H2,1H3. The van der Waals surface area contributed by atoms with Crippen LogP contribution in [0.3, 0.4) is 0 Å². The Morgan fingerprint density at radius 1 is 1.37 bits per heavy atom. The molecule has 0 radical (unpaired) electrons. The zero-order valence-electron chi connectivity index (χ0n) is 10.7. The second-order valence-corrected chi connectivity index (χ2v) is 4.62. The van der Waals surface area contributed by atoms with Gasteiger partial charge in [0, 0.05) is 12.4 Å². The molecule has 5 nitrogen and oxygen atoms in total. The Morgan fingerprint density at radius 2 is 2.26 bits per heavy atom. The fourth-order valence-corrected chi connectivity index (χ4v) is 2.12. The number of aromatic nitrogens is 2. The lowest BCUT2D eigenvalue weighted by molar-refractivity contribution is -0.116. The van der Waals surface area contributed by atoms with Crippen LogP contribution in [0.1, 0.15) is 12.0 Å². The third-order valence-electron chi connectivity index (χ3n) is 3.00. The van der Waals surface area contributed by atoms with Gasteiger partial charge in [-0.05, 0) is 24.6 Å². The van der Waals surface area contributed by atoms with Crippen molar-refractivity contribution in [1.82, 2.24) is 9.55 Å². The van der Waals surface area contributed by atoms with Crippen LogP contribution in [0.15, 0.2) is 48.1 Å². The summed E-state index contributed by atoms with van der Waals surface area (Å²) in [7, 11) is 0. The summed E-state index contributed by atoms with van der Waals surface area (Å²) in [6.45, 7) is 2.61. The van der Waals surface area contributed by atoms with Crippen LogP contribution in [0.4, 0.5) is 5.69 Å². The van der Waals surface area contributed by atoms with E-state index in [1.807, 2.05) is 42.0 Å². The molecule has 0 saturated heterocycles. The number of aryl methyl sites for hydroxylation is 1. The van der Waals surface area contributed by atoms with E-state index >= 15 is 0 Å². The highest BCUT2D eigenvalue weighted by atomic mass is 16.2. The molecule has 2 heterocycles. The van der Waals surface area contributed by atoms with Gasteiger partial charge < -0.3 is 4.57 Å². The lowest BCUT2D eigenvalue weighted by Gasteiger charge is -2.11. The Hall–Kier alpha value is -2.43. The molecule has 2 aromatic rings. The van der Waals surface area contributed by atoms with Crippen LogP contribution in [-0.4, -0.2) is 21.2 Å². The summed E-state index contributed by atoms with van der Waals surface area (Å²) in [4.78, 5) is 16.0. The van der Waals surface area contributed by atoms with Crippen LogP contribution >= 0.6 is 0 Å². The highest BCUT2D eigenvalue weighted by molar-refractivity contribution is 6.12. The third kappa shape index (κ3) is 2.40. The van der Waals surface area contributed by atoms with E-state index in [-0.39, 0.29) is 5.91 Å². The van der Waals surface area contributed by atoms with Crippen molar-refractivity contribution in [3.8, 4) is 0 Å². The van der Waals surface area contributed by atoms with Gasteiger partial charge in [-0.15, -0.1) is 0 Å². The van der Waals surface area contributed by atoms with Crippen LogP contribution in [0.25, 0.3) is 0 Å². The van der Waals surface area contributed by atoms with E-state index in [4.69, 9.17) is 0 Å². The molecule has 1 aliphatic heterocycles. The van der Waals surface area contributed by atoms with Gasteiger partial charge >= 0.3 is 0 Å². The average Bonchev–Trinajstić information content (AvgIpc) is 3.00. The molecule has 1 amide bonds. The first kappa shape index (κ1) is 11.6. The number of hydrazone groups is 1. The summed E-state index contributed by atoms with van der Waals surface area (Å²) in [5, 5.41) is 5.89. The summed E-state index contributed by atoms with van der Waals surface area (Å²) in [5.74, 6) is 0.0146. The molecule has 96 valence electrons. The molecule has 0 atom stereocenters. The number of benzene rings is 1. The number of rotatable bonds is 3. The maximum Gasteiger partial charge on any atom is 0.253 e. The maximum absolute atomic E-state index is 12.0. The highest BCUT2D eigenvalue weighted by Crippen LogP contribution is 2.21. The predicted octanol–water partition coefficient (Wildman–Crippen LogP) is 1.98. The number of carbonyl (C=O) groups is 1. The van der Waals surface area contributed by atoms with Gasteiger partial charge in [0.05, 0.1) is 30.7 Å². The first-order chi connectivity index (χ1) is 9.22. The van der Waals surface area contributed by atoms with Crippen molar-refractivity contribution in [3.63, 3.8) is 0 Å². The normalized spacial score (nSPS) is 14.9. The summed E-state index contributed by atoms with van der Waals surface area (Å²) in [5.41, 5.74) is 2.79. The molecule has 0 aliphatic carbocycles. The number of hydrogen-bond acceptors (Lipinski definition) is 3. The molecule has 3 rings (SSSR count). The van der Waals surface area contributed by atoms with Gasteiger partial charge in [0.25, 0.3) is 5.91 Å². The second-order valence-electron chi connectivity index (χ2n) is 4.62. The summed E-state index contributed by atoms with van der Waals surface area (Å²) in [6, 6.07) is 7.79. The molecule has 1 aromatic heterocycles. The van der Waals surface area contributed by atoms with E-state index < -0.39 is 0 Å². The summed E-state index contributed by atoms with van der Waals surface area (Å²) >= 11 is 0. The fraction of sp³-hybridized carbons (Fsp3) is 0.214. The quantitative estimate of drug-likeness (QED) is 0.841. The first-order valence-electron chi connectivity index (χ1n) is 6.14. The zero-order valence-corrected chi connectivity index (χ0v) is 10.7. The van der Waals surface area contributed by atoms with Crippen molar-refractivity contribution < 1.29 is 4.79 Å². The summed E-state index contributed by atoms with van der Waals surface area (Å²) < 4.78 is 1.91. The molecule has 19 heavy (non-hydrogen) atoms. The lowest BCUT2D eigenvalue weighted by Crippen LogP contribution is -2.19. The lowest BCUT2D eigenvalue weighted by atomic mass is 10.2. The van der Waals surface area contributed by atoms with Gasteiger partial charge in [0.15, 0.2) is 0 Å². The van der Waals surface area contributed by atoms with Gasteiger partial charge in [-0.3, -0.25) is 4.79 Å². The van der Waals surface area contributed by atoms with Crippen LogP contribution in [0.2, 0.25) is 0 Å². The number of hydrogen-bond donors (Lipinski definition) is 0. The molecule has 0 unspecified atom stereocenters. The van der Waals surface area contributed by atoms with E-state index in [1.165, 1.54) is 5.01 Å². The van der Waals surface area contributed by atoms with Gasteiger partial charge in [0.2, 0.25) is 0 Å². The molecule has 1 aliphatic rings. The van der Waals surface area contributed by atoms with E-state index in [9.17, 15) is 4.79 Å². The van der Waals surface area contributed by atoms with Crippen molar-refractivity contribution >= 4 is 17.3 Å². The Balaban J connectivity index is 1.83. The Labute approximate surface area is 111 Å². The minimum absolute atomic E-state index is 0.0146. The van der Waals surface area contributed by atoms with Crippen LogP contribution in [0.5, 0.6) is 0 Å².